The second-order valence-corrected chi connectivity index (χ2v) is 11.3. The fourth-order valence-electron chi connectivity index (χ4n) is 2.54. The van der Waals surface area contributed by atoms with Crippen molar-refractivity contribution in [1.82, 2.24) is 0 Å². The number of para-hydroxylation sites is 1. The summed E-state index contributed by atoms with van der Waals surface area (Å²) in [5.74, 6) is -9.40. The molecule has 198 valence electrons. The number of hydrogen-bond donors (Lipinski definition) is 1. The normalized spacial score (nSPS) is 13.8. The molecule has 1 amide bonds. The molecule has 0 aliphatic rings. The zero-order valence-electron chi connectivity index (χ0n) is 17.5. The molecule has 8 nitrogen and oxygen atoms in total. The van der Waals surface area contributed by atoms with Crippen LogP contribution in [-0.2, 0) is 25.4 Å². The molecular weight excluding hydrogens is 569 g/mol. The highest BCUT2D eigenvalue weighted by atomic mass is 32.2. The lowest BCUT2D eigenvalue weighted by Crippen LogP contribution is -2.49. The fraction of sp³-hybridized carbons (Fsp3) is 0.278. The number of hydrogen-bond acceptors (Lipinski definition) is 7. The van der Waals surface area contributed by atoms with E-state index in [1.807, 2.05) is 5.32 Å². The molecule has 2 aromatic rings. The number of amides is 1. The average Bonchev–Trinajstić information content (AvgIpc) is 2.73. The summed E-state index contributed by atoms with van der Waals surface area (Å²) in [6, 6.07) is 6.05. The van der Waals surface area contributed by atoms with Crippen LogP contribution in [0.25, 0.3) is 0 Å². The summed E-state index contributed by atoms with van der Waals surface area (Å²) in [7, 11) is -6.48. The van der Waals surface area contributed by atoms with E-state index >= 15 is 0 Å². The van der Waals surface area contributed by atoms with Crippen LogP contribution in [0.1, 0.15) is 0 Å². The molecule has 0 radical (unpaired) electrons. The van der Waals surface area contributed by atoms with Gasteiger partial charge in [0.05, 0.1) is 21.4 Å². The highest BCUT2D eigenvalue weighted by Crippen LogP contribution is 2.54. The Bertz CT molecular complexity index is 1320. The largest absolute Gasteiger partial charge is 0.460 e. The summed E-state index contributed by atoms with van der Waals surface area (Å²) in [4.78, 5) is 20.5. The van der Waals surface area contributed by atoms with Gasteiger partial charge in [-0.2, -0.15) is 30.7 Å². The van der Waals surface area contributed by atoms with Gasteiger partial charge in [-0.3, -0.25) is 19.1 Å². The van der Waals surface area contributed by atoms with E-state index in [0.717, 1.165) is 36.4 Å². The highest BCUT2D eigenvalue weighted by Gasteiger charge is 2.73. The average molecular weight is 582 g/mol. The van der Waals surface area contributed by atoms with Crippen LogP contribution in [0.3, 0.4) is 0 Å². The van der Waals surface area contributed by atoms with Crippen molar-refractivity contribution >= 4 is 49.7 Å². The summed E-state index contributed by atoms with van der Waals surface area (Å²) in [6.07, 6.45) is -5.42. The molecule has 0 bridgehead atoms. The van der Waals surface area contributed by atoms with Crippen molar-refractivity contribution in [2.24, 2.45) is 0 Å². The van der Waals surface area contributed by atoms with E-state index in [4.69, 9.17) is 0 Å². The second-order valence-electron chi connectivity index (χ2n) is 6.84. The first-order valence-corrected chi connectivity index (χ1v) is 13.1. The Balaban J connectivity index is 2.33. The Morgan fingerprint density at radius 3 is 2.19 bits per heavy atom. The molecule has 0 fully saturated rings. The van der Waals surface area contributed by atoms with Gasteiger partial charge >= 0.3 is 17.4 Å². The molecule has 2 aromatic carbocycles. The Morgan fingerprint density at radius 1 is 1.08 bits per heavy atom. The number of carbonyl (C=O) groups excluding carboxylic acids is 1. The number of carbonyl (C=O) groups is 1. The van der Waals surface area contributed by atoms with Gasteiger partial charge in [0.2, 0.25) is 5.91 Å². The van der Waals surface area contributed by atoms with Crippen molar-refractivity contribution in [2.75, 3.05) is 17.3 Å². The first-order valence-electron chi connectivity index (χ1n) is 9.05. The van der Waals surface area contributed by atoms with Crippen molar-refractivity contribution in [3.63, 3.8) is 0 Å². The minimum Gasteiger partial charge on any atom is -0.324 e. The number of benzene rings is 2. The number of nitrogens with zero attached hydrogens (tertiary/aromatic N) is 1. The van der Waals surface area contributed by atoms with E-state index < -0.39 is 87.5 Å². The summed E-state index contributed by atoms with van der Waals surface area (Å²) < 4.78 is 128. The lowest BCUT2D eigenvalue weighted by molar-refractivity contribution is -0.388. The number of nitro groups is 1. The first-order chi connectivity index (χ1) is 16.3. The molecular formula is C18H13F7N2O6S3. The quantitative estimate of drug-likeness (QED) is 0.198. The van der Waals surface area contributed by atoms with Gasteiger partial charge in [-0.1, -0.05) is 12.1 Å². The van der Waals surface area contributed by atoms with Gasteiger partial charge in [-0.25, -0.2) is 8.42 Å². The van der Waals surface area contributed by atoms with Crippen molar-refractivity contribution in [1.29, 1.82) is 0 Å². The van der Waals surface area contributed by atoms with E-state index in [1.165, 1.54) is 6.26 Å². The van der Waals surface area contributed by atoms with E-state index in [0.29, 0.717) is 6.07 Å². The molecule has 1 unspecified atom stereocenters. The molecule has 0 spiro atoms. The molecule has 2 rings (SSSR count). The number of thioether (sulfide) groups is 1. The van der Waals surface area contributed by atoms with Crippen molar-refractivity contribution < 1.29 is 53.1 Å². The van der Waals surface area contributed by atoms with Gasteiger partial charge in [0.25, 0.3) is 5.69 Å². The number of rotatable bonds is 9. The summed E-state index contributed by atoms with van der Waals surface area (Å²) in [6.45, 7) is 0. The number of anilines is 1. The van der Waals surface area contributed by atoms with Crippen LogP contribution in [0.15, 0.2) is 57.2 Å². The fourth-order valence-corrected chi connectivity index (χ4v) is 5.28. The number of sulfone groups is 1. The number of nitrogens with one attached hydrogen (secondary N) is 1. The van der Waals surface area contributed by atoms with Gasteiger partial charge in [0.1, 0.15) is 10.6 Å². The van der Waals surface area contributed by atoms with Gasteiger partial charge in [0.15, 0.2) is 9.84 Å². The molecule has 0 aliphatic carbocycles. The third-order valence-electron chi connectivity index (χ3n) is 4.24. The van der Waals surface area contributed by atoms with Crippen LogP contribution in [0.5, 0.6) is 0 Å². The summed E-state index contributed by atoms with van der Waals surface area (Å²) >= 11 is -1.21. The van der Waals surface area contributed by atoms with Crippen LogP contribution < -0.4 is 5.32 Å². The monoisotopic (exact) mass is 582 g/mol. The molecule has 1 atom stereocenters. The van der Waals surface area contributed by atoms with E-state index in [2.05, 4.69) is 0 Å². The predicted octanol–water partition coefficient (Wildman–Crippen LogP) is 4.63. The van der Waals surface area contributed by atoms with Gasteiger partial charge in [-0.15, -0.1) is 0 Å². The molecule has 0 aliphatic heterocycles. The predicted molar refractivity (Wildman–Crippen MR) is 114 cm³/mol. The Kier molecular flexibility index (Phi) is 8.46. The van der Waals surface area contributed by atoms with Crippen LogP contribution in [0.4, 0.5) is 42.1 Å². The standard InChI is InChI=1S/C18H13F7N2O6S3/c1-35(31)10-6-7-14(12(8-10)27(29)30)36(32,33)9-15(28)26-11-4-2-3-5-13(11)34-18(24,25)16(19,20)17(21,22)23/h2-8H,9H2,1H3,(H,26,28). The third kappa shape index (κ3) is 6.33. The molecule has 0 heterocycles. The molecule has 0 aromatic heterocycles. The van der Waals surface area contributed by atoms with Crippen LogP contribution >= 0.6 is 11.8 Å². The van der Waals surface area contributed by atoms with Crippen molar-refractivity contribution in [2.45, 2.75) is 32.0 Å². The second kappa shape index (κ2) is 10.3. The van der Waals surface area contributed by atoms with Gasteiger partial charge in [-0.05, 0) is 36.0 Å². The van der Waals surface area contributed by atoms with Crippen LogP contribution in [0, 0.1) is 10.1 Å². The van der Waals surface area contributed by atoms with Crippen molar-refractivity contribution in [3.05, 3.63) is 52.6 Å². The zero-order valence-corrected chi connectivity index (χ0v) is 20.0. The smallest absolute Gasteiger partial charge is 0.324 e. The third-order valence-corrected chi connectivity index (χ3v) is 7.90. The highest BCUT2D eigenvalue weighted by molar-refractivity contribution is 8.00. The maximum absolute atomic E-state index is 13.8. The number of halogens is 7. The molecule has 0 saturated carbocycles. The number of alkyl halides is 7. The maximum atomic E-state index is 13.8. The van der Waals surface area contributed by atoms with Crippen LogP contribution in [-0.4, -0.2) is 52.8 Å². The van der Waals surface area contributed by atoms with Crippen LogP contribution in [0.2, 0.25) is 0 Å². The summed E-state index contributed by atoms with van der Waals surface area (Å²) in [5, 5.41) is 7.38. The van der Waals surface area contributed by atoms with E-state index in [-0.39, 0.29) is 4.90 Å². The molecule has 0 saturated heterocycles. The minimum atomic E-state index is -6.59. The molecule has 18 heteroatoms. The zero-order chi connectivity index (χ0) is 27.7. The van der Waals surface area contributed by atoms with Gasteiger partial charge < -0.3 is 5.32 Å². The summed E-state index contributed by atoms with van der Waals surface area (Å²) in [5.41, 5.74) is -1.72. The Morgan fingerprint density at radius 2 is 1.67 bits per heavy atom. The Labute approximate surface area is 204 Å². The lowest BCUT2D eigenvalue weighted by atomic mass is 10.3. The Hall–Kier alpha value is -2.73. The maximum Gasteiger partial charge on any atom is 0.460 e. The van der Waals surface area contributed by atoms with Crippen molar-refractivity contribution in [3.8, 4) is 0 Å². The minimum absolute atomic E-state index is 0.0901. The van der Waals surface area contributed by atoms with E-state index in [9.17, 15) is 58.3 Å². The lowest BCUT2D eigenvalue weighted by Gasteiger charge is -2.28. The SMILES string of the molecule is CS(=O)c1ccc(S(=O)(=O)CC(=O)Nc2ccccc2SC(F)(F)C(F)(F)C(F)(F)F)c([N+](=O)[O-])c1. The first kappa shape index (κ1) is 29.5. The van der Waals surface area contributed by atoms with E-state index in [1.54, 1.807) is 0 Å². The topological polar surface area (TPSA) is 123 Å². The number of nitro benzene ring substituents is 1. The molecule has 1 N–H and O–H groups in total. The van der Waals surface area contributed by atoms with Gasteiger partial charge in [0, 0.05) is 22.1 Å². The molecule has 36 heavy (non-hydrogen) atoms.